The van der Waals surface area contributed by atoms with Crippen LogP contribution in [0, 0.1) is 19.8 Å². The molecule has 0 radical (unpaired) electrons. The summed E-state index contributed by atoms with van der Waals surface area (Å²) in [5.74, 6) is 1.68. The maximum Gasteiger partial charge on any atom is 0.229 e. The molecular formula is C14H21N5O2. The molecule has 114 valence electrons. The van der Waals surface area contributed by atoms with Crippen molar-refractivity contribution in [2.24, 2.45) is 5.92 Å². The molecule has 7 heteroatoms. The predicted octanol–water partition coefficient (Wildman–Crippen LogP) is 1.05. The first-order valence-corrected chi connectivity index (χ1v) is 7.31. The van der Waals surface area contributed by atoms with Crippen LogP contribution in [-0.4, -0.2) is 38.1 Å². The number of aliphatic hydroxyl groups is 1. The van der Waals surface area contributed by atoms with Crippen LogP contribution in [0.25, 0.3) is 0 Å². The van der Waals surface area contributed by atoms with Gasteiger partial charge in [-0.05, 0) is 38.2 Å². The Morgan fingerprint density at radius 3 is 2.95 bits per heavy atom. The zero-order valence-electron chi connectivity index (χ0n) is 12.3. The summed E-state index contributed by atoms with van der Waals surface area (Å²) >= 11 is 0. The zero-order chi connectivity index (χ0) is 14.8. The highest BCUT2D eigenvalue weighted by Crippen LogP contribution is 2.37. The van der Waals surface area contributed by atoms with Crippen LogP contribution < -0.4 is 5.32 Å². The van der Waals surface area contributed by atoms with Gasteiger partial charge >= 0.3 is 0 Å². The van der Waals surface area contributed by atoms with E-state index < -0.39 is 0 Å². The van der Waals surface area contributed by atoms with E-state index in [1.165, 1.54) is 0 Å². The lowest BCUT2D eigenvalue weighted by Gasteiger charge is -2.14. The molecule has 3 atom stereocenters. The van der Waals surface area contributed by atoms with Crippen molar-refractivity contribution in [2.45, 2.75) is 45.3 Å². The molecule has 21 heavy (non-hydrogen) atoms. The molecule has 0 unspecified atom stereocenters. The van der Waals surface area contributed by atoms with Gasteiger partial charge in [0.25, 0.3) is 0 Å². The van der Waals surface area contributed by atoms with Crippen molar-refractivity contribution >= 4 is 0 Å². The molecule has 1 saturated carbocycles. The first kappa shape index (κ1) is 14.2. The molecule has 0 spiro atoms. The van der Waals surface area contributed by atoms with Crippen LogP contribution in [0.2, 0.25) is 0 Å². The fourth-order valence-electron chi connectivity index (χ4n) is 2.94. The highest BCUT2D eigenvalue weighted by Gasteiger charge is 2.36. The topological polar surface area (TPSA) is 99.9 Å². The SMILES string of the molecule is Cc1noc([C@H]2C[C@H](CNCc3[nH]ncc3C)[C@H](O)C2)n1. The molecule has 0 bridgehead atoms. The number of nitrogens with zero attached hydrogens (tertiary/aromatic N) is 3. The summed E-state index contributed by atoms with van der Waals surface area (Å²) in [7, 11) is 0. The summed E-state index contributed by atoms with van der Waals surface area (Å²) in [6.45, 7) is 5.34. The van der Waals surface area contributed by atoms with Gasteiger partial charge < -0.3 is 14.9 Å². The molecule has 3 rings (SSSR count). The Labute approximate surface area is 123 Å². The lowest BCUT2D eigenvalue weighted by Crippen LogP contribution is -2.27. The Balaban J connectivity index is 1.51. The van der Waals surface area contributed by atoms with E-state index >= 15 is 0 Å². The molecule has 1 aliphatic rings. The number of aromatic amines is 1. The highest BCUT2D eigenvalue weighted by molar-refractivity contribution is 5.13. The fraction of sp³-hybridized carbons (Fsp3) is 0.643. The van der Waals surface area contributed by atoms with Crippen molar-refractivity contribution in [3.8, 4) is 0 Å². The molecular weight excluding hydrogens is 270 g/mol. The molecule has 7 nitrogen and oxygen atoms in total. The third kappa shape index (κ3) is 3.14. The van der Waals surface area contributed by atoms with Gasteiger partial charge in [-0.25, -0.2) is 0 Å². The van der Waals surface area contributed by atoms with Crippen LogP contribution in [0.4, 0.5) is 0 Å². The number of hydrogen-bond donors (Lipinski definition) is 3. The maximum absolute atomic E-state index is 10.2. The Bertz CT molecular complexity index is 594. The molecule has 2 aromatic heterocycles. The summed E-state index contributed by atoms with van der Waals surface area (Å²) in [4.78, 5) is 4.27. The van der Waals surface area contributed by atoms with Crippen molar-refractivity contribution in [3.05, 3.63) is 29.2 Å². The van der Waals surface area contributed by atoms with Crippen molar-refractivity contribution < 1.29 is 9.63 Å². The van der Waals surface area contributed by atoms with Crippen molar-refractivity contribution in [1.82, 2.24) is 25.7 Å². The van der Waals surface area contributed by atoms with Crippen LogP contribution in [0.3, 0.4) is 0 Å². The second kappa shape index (κ2) is 5.95. The standard InChI is InChI=1S/C14H21N5O2/c1-8-5-16-18-12(8)7-15-6-11-3-10(4-13(11)20)14-17-9(2)19-21-14/h5,10-11,13,15,20H,3-4,6-7H2,1-2H3,(H,16,18)/t10-,11+,13+/m0/s1. The summed E-state index contributed by atoms with van der Waals surface area (Å²) in [5.41, 5.74) is 2.24. The molecule has 1 fully saturated rings. The van der Waals surface area contributed by atoms with E-state index in [0.717, 1.165) is 30.8 Å². The molecule has 0 aliphatic heterocycles. The van der Waals surface area contributed by atoms with Crippen LogP contribution in [0.5, 0.6) is 0 Å². The van der Waals surface area contributed by atoms with Gasteiger partial charge in [-0.3, -0.25) is 5.10 Å². The Morgan fingerprint density at radius 1 is 1.43 bits per heavy atom. The van der Waals surface area contributed by atoms with Crippen molar-refractivity contribution in [3.63, 3.8) is 0 Å². The minimum atomic E-state index is -0.322. The largest absolute Gasteiger partial charge is 0.393 e. The smallest absolute Gasteiger partial charge is 0.229 e. The summed E-state index contributed by atoms with van der Waals surface area (Å²) < 4.78 is 5.22. The second-order valence-corrected chi connectivity index (χ2v) is 5.84. The number of aliphatic hydroxyl groups excluding tert-OH is 1. The van der Waals surface area contributed by atoms with E-state index in [4.69, 9.17) is 4.52 Å². The number of aromatic nitrogens is 4. The Hall–Kier alpha value is -1.73. The molecule has 2 aromatic rings. The normalized spacial score (nSPS) is 25.6. The van der Waals surface area contributed by atoms with Gasteiger partial charge in [0.05, 0.1) is 18.0 Å². The monoisotopic (exact) mass is 291 g/mol. The molecule has 3 N–H and O–H groups in total. The lowest BCUT2D eigenvalue weighted by atomic mass is 10.0. The number of H-pyrrole nitrogens is 1. The zero-order valence-corrected chi connectivity index (χ0v) is 12.3. The van der Waals surface area contributed by atoms with E-state index in [2.05, 4.69) is 25.7 Å². The number of rotatable bonds is 5. The summed E-state index contributed by atoms with van der Waals surface area (Å²) in [6.07, 6.45) is 3.06. The third-order valence-corrected chi connectivity index (χ3v) is 4.19. The van der Waals surface area contributed by atoms with Gasteiger partial charge in [-0.15, -0.1) is 0 Å². The Morgan fingerprint density at radius 2 is 2.29 bits per heavy atom. The van der Waals surface area contributed by atoms with Gasteiger partial charge in [0.15, 0.2) is 5.82 Å². The molecule has 2 heterocycles. The average Bonchev–Trinajstić information content (AvgIpc) is 3.13. The van der Waals surface area contributed by atoms with Crippen LogP contribution in [-0.2, 0) is 6.54 Å². The molecule has 0 amide bonds. The minimum Gasteiger partial charge on any atom is -0.393 e. The van der Waals surface area contributed by atoms with Crippen molar-refractivity contribution in [2.75, 3.05) is 6.54 Å². The maximum atomic E-state index is 10.2. The van der Waals surface area contributed by atoms with E-state index in [-0.39, 0.29) is 17.9 Å². The fourth-order valence-corrected chi connectivity index (χ4v) is 2.94. The first-order chi connectivity index (χ1) is 10.1. The highest BCUT2D eigenvalue weighted by atomic mass is 16.5. The van der Waals surface area contributed by atoms with Crippen LogP contribution in [0.15, 0.2) is 10.7 Å². The summed E-state index contributed by atoms with van der Waals surface area (Å²) in [6, 6.07) is 0. The minimum absolute atomic E-state index is 0.168. The van der Waals surface area contributed by atoms with Gasteiger partial charge in [0, 0.05) is 19.0 Å². The average molecular weight is 291 g/mol. The van der Waals surface area contributed by atoms with E-state index in [1.54, 1.807) is 0 Å². The molecule has 0 saturated heterocycles. The number of aryl methyl sites for hydroxylation is 2. The van der Waals surface area contributed by atoms with Crippen LogP contribution >= 0.6 is 0 Å². The Kier molecular flexibility index (Phi) is 4.03. The first-order valence-electron chi connectivity index (χ1n) is 7.31. The third-order valence-electron chi connectivity index (χ3n) is 4.19. The number of nitrogens with one attached hydrogen (secondary N) is 2. The van der Waals surface area contributed by atoms with E-state index in [9.17, 15) is 5.11 Å². The summed E-state index contributed by atoms with van der Waals surface area (Å²) in [5, 5.41) is 24.4. The quantitative estimate of drug-likeness (QED) is 0.761. The van der Waals surface area contributed by atoms with Gasteiger partial charge in [-0.2, -0.15) is 10.1 Å². The van der Waals surface area contributed by atoms with Gasteiger partial charge in [0.1, 0.15) is 0 Å². The van der Waals surface area contributed by atoms with Crippen LogP contribution in [0.1, 0.15) is 41.7 Å². The van der Waals surface area contributed by atoms with E-state index in [0.29, 0.717) is 18.1 Å². The van der Waals surface area contributed by atoms with E-state index in [1.807, 2.05) is 20.0 Å². The molecule has 1 aliphatic carbocycles. The number of hydrogen-bond acceptors (Lipinski definition) is 6. The molecule has 0 aromatic carbocycles. The van der Waals surface area contributed by atoms with Crippen molar-refractivity contribution in [1.29, 1.82) is 0 Å². The van der Waals surface area contributed by atoms with Gasteiger partial charge in [-0.1, -0.05) is 5.16 Å². The van der Waals surface area contributed by atoms with Gasteiger partial charge in [0.2, 0.25) is 5.89 Å². The lowest BCUT2D eigenvalue weighted by molar-refractivity contribution is 0.130. The predicted molar refractivity (Wildman–Crippen MR) is 75.5 cm³/mol. The second-order valence-electron chi connectivity index (χ2n) is 5.84.